The van der Waals surface area contributed by atoms with Gasteiger partial charge in [0.1, 0.15) is 11.8 Å². The summed E-state index contributed by atoms with van der Waals surface area (Å²) in [6.07, 6.45) is -0.822. The number of benzene rings is 1. The Morgan fingerprint density at radius 3 is 2.71 bits per heavy atom. The molecule has 1 fully saturated rings. The van der Waals surface area contributed by atoms with Crippen LogP contribution in [0.2, 0.25) is 10.0 Å². The molecule has 1 amide bonds. The summed E-state index contributed by atoms with van der Waals surface area (Å²) >= 11 is 11.7. The number of ether oxygens (including phenoxy) is 1. The molecule has 1 aliphatic rings. The van der Waals surface area contributed by atoms with E-state index in [0.717, 1.165) is 4.90 Å². The highest BCUT2D eigenvalue weighted by molar-refractivity contribution is 6.35. The number of nitrogens with zero attached hydrogens (tertiary/aromatic N) is 1. The topological polar surface area (TPSA) is 87.1 Å². The van der Waals surface area contributed by atoms with Gasteiger partial charge in [-0.05, 0) is 18.2 Å². The number of rotatable bonds is 4. The van der Waals surface area contributed by atoms with E-state index in [1.807, 2.05) is 0 Å². The summed E-state index contributed by atoms with van der Waals surface area (Å²) in [6, 6.07) is 3.53. The van der Waals surface area contributed by atoms with Gasteiger partial charge < -0.3 is 19.8 Å². The molecule has 0 radical (unpaired) electrons. The highest BCUT2D eigenvalue weighted by Gasteiger charge is 2.38. The van der Waals surface area contributed by atoms with E-state index in [1.165, 1.54) is 12.1 Å². The quantitative estimate of drug-likeness (QED) is 0.870. The molecule has 2 rings (SSSR count). The van der Waals surface area contributed by atoms with Gasteiger partial charge in [-0.25, -0.2) is 4.79 Å². The minimum absolute atomic E-state index is 0.0166. The van der Waals surface area contributed by atoms with Crippen LogP contribution in [0.25, 0.3) is 0 Å². The van der Waals surface area contributed by atoms with Gasteiger partial charge in [0.25, 0.3) is 5.91 Å². The van der Waals surface area contributed by atoms with Crippen molar-refractivity contribution >= 4 is 35.1 Å². The number of hydrogen-bond donors (Lipinski definition) is 2. The van der Waals surface area contributed by atoms with Crippen LogP contribution < -0.4 is 4.74 Å². The minimum atomic E-state index is -1.15. The van der Waals surface area contributed by atoms with Crippen molar-refractivity contribution in [3.8, 4) is 5.75 Å². The van der Waals surface area contributed by atoms with E-state index in [4.69, 9.17) is 33.0 Å². The lowest BCUT2D eigenvalue weighted by Crippen LogP contribution is -2.42. The van der Waals surface area contributed by atoms with Crippen molar-refractivity contribution in [3.05, 3.63) is 28.2 Å². The van der Waals surface area contributed by atoms with E-state index in [0.29, 0.717) is 5.02 Å². The monoisotopic (exact) mass is 333 g/mol. The van der Waals surface area contributed by atoms with Gasteiger partial charge >= 0.3 is 5.97 Å². The van der Waals surface area contributed by atoms with Gasteiger partial charge in [0.05, 0.1) is 11.1 Å². The van der Waals surface area contributed by atoms with E-state index in [1.54, 1.807) is 6.07 Å². The van der Waals surface area contributed by atoms with Crippen LogP contribution >= 0.6 is 23.2 Å². The standard InChI is InChI=1S/C13H13Cl2NO5/c14-7-1-2-11(9(15)3-7)21-6-12(18)16-5-8(17)4-10(16)13(19)20/h1-3,8,10,17H,4-6H2,(H,19,20)/t8-,10-/m1/s1. The number of carbonyl (C=O) groups is 2. The van der Waals surface area contributed by atoms with Crippen LogP contribution in [0.4, 0.5) is 0 Å². The molecule has 8 heteroatoms. The number of likely N-dealkylation sites (tertiary alicyclic amines) is 1. The number of halogens is 2. The van der Waals surface area contributed by atoms with Crippen molar-refractivity contribution < 1.29 is 24.5 Å². The summed E-state index contributed by atoms with van der Waals surface area (Å²) in [6.45, 7) is -0.384. The van der Waals surface area contributed by atoms with Gasteiger partial charge in [0, 0.05) is 18.0 Å². The second-order valence-electron chi connectivity index (χ2n) is 4.65. The van der Waals surface area contributed by atoms with Crippen molar-refractivity contribution in [1.82, 2.24) is 4.90 Å². The first kappa shape index (κ1) is 15.9. The minimum Gasteiger partial charge on any atom is -0.482 e. The zero-order valence-electron chi connectivity index (χ0n) is 10.8. The fourth-order valence-electron chi connectivity index (χ4n) is 2.14. The first-order chi connectivity index (χ1) is 9.88. The zero-order chi connectivity index (χ0) is 15.6. The van der Waals surface area contributed by atoms with Crippen LogP contribution in [0, 0.1) is 0 Å². The average molecular weight is 334 g/mol. The maximum Gasteiger partial charge on any atom is 0.326 e. The number of carbonyl (C=O) groups excluding carboxylic acids is 1. The van der Waals surface area contributed by atoms with E-state index in [9.17, 15) is 14.7 Å². The van der Waals surface area contributed by atoms with Crippen molar-refractivity contribution in [3.63, 3.8) is 0 Å². The van der Waals surface area contributed by atoms with Crippen LogP contribution in [-0.2, 0) is 9.59 Å². The molecule has 1 aromatic rings. The molecule has 0 saturated carbocycles. The van der Waals surface area contributed by atoms with Crippen molar-refractivity contribution in [2.75, 3.05) is 13.2 Å². The summed E-state index contributed by atoms with van der Waals surface area (Å²) < 4.78 is 5.27. The summed E-state index contributed by atoms with van der Waals surface area (Å²) in [7, 11) is 0. The van der Waals surface area contributed by atoms with Crippen LogP contribution in [-0.4, -0.2) is 52.3 Å². The zero-order valence-corrected chi connectivity index (χ0v) is 12.3. The largest absolute Gasteiger partial charge is 0.482 e. The molecule has 0 bridgehead atoms. The van der Waals surface area contributed by atoms with E-state index in [2.05, 4.69) is 0 Å². The Morgan fingerprint density at radius 2 is 2.10 bits per heavy atom. The molecule has 114 valence electrons. The number of aliphatic hydroxyl groups is 1. The van der Waals surface area contributed by atoms with Crippen LogP contribution in [0.3, 0.4) is 0 Å². The second kappa shape index (κ2) is 6.51. The lowest BCUT2D eigenvalue weighted by Gasteiger charge is -2.21. The Labute approximate surface area is 130 Å². The van der Waals surface area contributed by atoms with Gasteiger partial charge in [-0.3, -0.25) is 4.79 Å². The van der Waals surface area contributed by atoms with Crippen molar-refractivity contribution in [2.24, 2.45) is 0 Å². The molecule has 0 spiro atoms. The molecule has 1 aliphatic heterocycles. The molecule has 1 saturated heterocycles. The number of amides is 1. The third-order valence-corrected chi connectivity index (χ3v) is 3.66. The first-order valence-corrected chi connectivity index (χ1v) is 6.92. The Morgan fingerprint density at radius 1 is 1.38 bits per heavy atom. The smallest absolute Gasteiger partial charge is 0.326 e. The van der Waals surface area contributed by atoms with Gasteiger partial charge in [-0.15, -0.1) is 0 Å². The van der Waals surface area contributed by atoms with E-state index in [-0.39, 0.29) is 30.3 Å². The molecule has 0 aliphatic carbocycles. The van der Waals surface area contributed by atoms with E-state index >= 15 is 0 Å². The number of carboxylic acid groups (broad SMARTS) is 1. The molecule has 1 aromatic carbocycles. The Hall–Kier alpha value is -1.50. The van der Waals surface area contributed by atoms with Crippen LogP contribution in [0.1, 0.15) is 6.42 Å². The fourth-order valence-corrected chi connectivity index (χ4v) is 2.60. The Kier molecular flexibility index (Phi) is 4.92. The van der Waals surface area contributed by atoms with Crippen LogP contribution in [0.5, 0.6) is 5.75 Å². The molecule has 1 heterocycles. The number of aliphatic carboxylic acids is 1. The summed E-state index contributed by atoms with van der Waals surface area (Å²) in [4.78, 5) is 24.2. The maximum atomic E-state index is 12.0. The number of hydrogen-bond acceptors (Lipinski definition) is 4. The van der Waals surface area contributed by atoms with Crippen molar-refractivity contribution in [1.29, 1.82) is 0 Å². The SMILES string of the molecule is O=C(O)[C@H]1C[C@@H](O)CN1C(=O)COc1ccc(Cl)cc1Cl. The van der Waals surface area contributed by atoms with Gasteiger partial charge in [-0.2, -0.15) is 0 Å². The number of carboxylic acids is 1. The average Bonchev–Trinajstić information content (AvgIpc) is 2.80. The lowest BCUT2D eigenvalue weighted by molar-refractivity contribution is -0.148. The lowest BCUT2D eigenvalue weighted by atomic mass is 10.2. The molecule has 2 atom stereocenters. The van der Waals surface area contributed by atoms with Crippen molar-refractivity contribution in [2.45, 2.75) is 18.6 Å². The maximum absolute atomic E-state index is 12.0. The molecule has 0 aromatic heterocycles. The predicted molar refractivity (Wildman–Crippen MR) is 75.7 cm³/mol. The van der Waals surface area contributed by atoms with Gasteiger partial charge in [0.2, 0.25) is 0 Å². The highest BCUT2D eigenvalue weighted by atomic mass is 35.5. The summed E-state index contributed by atoms with van der Waals surface area (Å²) in [5.41, 5.74) is 0. The molecule has 21 heavy (non-hydrogen) atoms. The Balaban J connectivity index is 1.99. The Bertz CT molecular complexity index is 565. The molecular weight excluding hydrogens is 321 g/mol. The molecular formula is C13H13Cl2NO5. The fraction of sp³-hybridized carbons (Fsp3) is 0.385. The molecule has 0 unspecified atom stereocenters. The van der Waals surface area contributed by atoms with E-state index < -0.39 is 24.0 Å². The second-order valence-corrected chi connectivity index (χ2v) is 5.50. The summed E-state index contributed by atoms with van der Waals surface area (Å²) in [5, 5.41) is 19.2. The van der Waals surface area contributed by atoms with Crippen LogP contribution in [0.15, 0.2) is 18.2 Å². The molecule has 6 nitrogen and oxygen atoms in total. The third kappa shape index (κ3) is 3.78. The highest BCUT2D eigenvalue weighted by Crippen LogP contribution is 2.27. The third-order valence-electron chi connectivity index (χ3n) is 3.13. The summed E-state index contributed by atoms with van der Waals surface area (Å²) in [5.74, 6) is -1.39. The number of β-amino-alcohol motifs (C(OH)–C–C–N with tert-alkyl or cyclic N) is 1. The predicted octanol–water partition coefficient (Wildman–Crippen LogP) is 1.42. The number of aliphatic hydroxyl groups excluding tert-OH is 1. The van der Waals surface area contributed by atoms with Gasteiger partial charge in [-0.1, -0.05) is 23.2 Å². The molecule has 2 N–H and O–H groups in total. The van der Waals surface area contributed by atoms with Gasteiger partial charge in [0.15, 0.2) is 6.61 Å². The first-order valence-electron chi connectivity index (χ1n) is 6.16. The normalized spacial score (nSPS) is 21.4.